The van der Waals surface area contributed by atoms with Gasteiger partial charge >= 0.3 is 0 Å². The Labute approximate surface area is 391 Å². The molecule has 0 aromatic heterocycles. The number of unbranched alkanes of at least 4 members (excludes halogenated alkanes) is 1. The van der Waals surface area contributed by atoms with E-state index in [1.165, 1.54) is 62.5 Å². The minimum Gasteiger partial charge on any atom is -0.0928 e. The monoisotopic (exact) mass is 1000 g/mol. The molecule has 0 aliphatic heterocycles. The van der Waals surface area contributed by atoms with Crippen molar-refractivity contribution in [3.63, 3.8) is 0 Å². The Morgan fingerprint density at radius 1 is 0.250 bits per heavy atom. The average molecular weight is 1000 g/mol. The van der Waals surface area contributed by atoms with Crippen LogP contribution in [0, 0.1) is 0 Å². The molecule has 8 aliphatic carbocycles. The van der Waals surface area contributed by atoms with Gasteiger partial charge in [0.2, 0.25) is 0 Å². The number of rotatable bonds is 35. The summed E-state index contributed by atoms with van der Waals surface area (Å²) in [6.45, 7) is 20.6. The molecule has 0 N–H and O–H groups in total. The van der Waals surface area contributed by atoms with Crippen LogP contribution < -0.4 is 0 Å². The highest BCUT2D eigenvalue weighted by molar-refractivity contribution is 9.09. The van der Waals surface area contributed by atoms with E-state index >= 15 is 0 Å². The molecule has 0 heterocycles. The van der Waals surface area contributed by atoms with Crippen LogP contribution >= 0.6 is 15.9 Å². The third-order valence-corrected chi connectivity index (χ3v) is 62.3. The Balaban J connectivity index is 0.882. The van der Waals surface area contributed by atoms with Crippen molar-refractivity contribution < 1.29 is 0 Å². The number of alkyl halides is 1. The van der Waals surface area contributed by atoms with Crippen molar-refractivity contribution in [2.75, 3.05) is 5.33 Å². The molecule has 8 saturated carbocycles. The predicted octanol–water partition coefficient (Wildman–Crippen LogP) is 20.0. The summed E-state index contributed by atoms with van der Waals surface area (Å²) in [6.07, 6.45) is 37.3. The Morgan fingerprint density at radius 3 is 0.683 bits per heavy atom. The third kappa shape index (κ3) is 12.9. The Morgan fingerprint density at radius 2 is 0.450 bits per heavy atom. The quantitative estimate of drug-likeness (QED) is 0.0337. The molecule has 346 valence electrons. The van der Waals surface area contributed by atoms with Crippen LogP contribution in [-0.4, -0.2) is 61.8 Å². The first-order chi connectivity index (χ1) is 28.6. The van der Waals surface area contributed by atoms with E-state index in [9.17, 15) is 0 Å². The van der Waals surface area contributed by atoms with Crippen LogP contribution in [0.25, 0.3) is 0 Å². The molecule has 60 heavy (non-hydrogen) atoms. The summed E-state index contributed by atoms with van der Waals surface area (Å²) in [5.41, 5.74) is 9.95. The molecule has 0 nitrogen and oxygen atoms in total. The normalized spacial score (nSPS) is 25.4. The highest BCUT2D eigenvalue weighted by atomic mass is 79.9. The lowest BCUT2D eigenvalue weighted by Gasteiger charge is -2.37. The zero-order chi connectivity index (χ0) is 42.3. The average Bonchev–Trinajstić information content (AvgIpc) is 4.01. The number of halogens is 1. The summed E-state index contributed by atoms with van der Waals surface area (Å²) in [4.78, 5) is 0. The van der Waals surface area contributed by atoms with Gasteiger partial charge < -0.3 is 0 Å². The Hall–Kier alpha value is 2.00. The summed E-state index contributed by atoms with van der Waals surface area (Å²) in [5, 5.41) is 1.23. The van der Waals surface area contributed by atoms with Gasteiger partial charge in [0.25, 0.3) is 0 Å². The maximum absolute atomic E-state index is 3.87. The van der Waals surface area contributed by atoms with Crippen LogP contribution in [0.3, 0.4) is 0 Å². The Bertz CT molecular complexity index is 1290. The molecule has 0 amide bonds. The number of hydrogen-bond donors (Lipinski definition) is 0. The summed E-state index contributed by atoms with van der Waals surface area (Å²) < 4.78 is 0. The molecule has 0 saturated heterocycles. The van der Waals surface area contributed by atoms with Crippen molar-refractivity contribution in [1.29, 1.82) is 0 Å². The molecular formula is C52H103BrSi7. The smallest absolute Gasteiger partial charge is 0.0566 e. The largest absolute Gasteiger partial charge is 0.0928 e. The van der Waals surface area contributed by atoms with E-state index in [0.29, 0.717) is 0 Å². The van der Waals surface area contributed by atoms with Gasteiger partial charge in [-0.1, -0.05) is 282 Å². The summed E-state index contributed by atoms with van der Waals surface area (Å²) >= 11 is 3.87. The first kappa shape index (κ1) is 48.5. The molecule has 2 atom stereocenters. The molecule has 0 bridgehead atoms. The first-order valence-electron chi connectivity index (χ1n) is 28.2. The van der Waals surface area contributed by atoms with Crippen molar-refractivity contribution in [3.8, 4) is 0 Å². The van der Waals surface area contributed by atoms with E-state index in [4.69, 9.17) is 0 Å². The van der Waals surface area contributed by atoms with Crippen molar-refractivity contribution in [2.45, 2.75) is 316 Å². The standard InChI is InChI=1S/C52H103BrSi7/c1-54(32-9-8-31-53,34-11-36-56(3,43-44-60(7,51-27-28-51)52-29-30-52)39-14-42-59(6,49-23-24-49)50-25-26-50)33-10-35-55(2,37-12-40-57(4,45-15-16-45)46-17-18-46)38-13-41-58(5,47-19-20-47)48-21-22-48/h45-52H,8-44H2,1-7H3. The Kier molecular flexibility index (Phi) is 16.1. The fraction of sp³-hybridized carbons (Fsp3) is 1.00. The third-order valence-electron chi connectivity index (χ3n) is 22.1. The number of hydrogen-bond acceptors (Lipinski definition) is 0. The molecule has 0 radical (unpaired) electrons. The van der Waals surface area contributed by atoms with E-state index in [2.05, 4.69) is 61.8 Å². The second-order valence-corrected chi connectivity index (χ2v) is 64.3. The van der Waals surface area contributed by atoms with Crippen LogP contribution in [0.4, 0.5) is 0 Å². The van der Waals surface area contributed by atoms with Gasteiger partial charge in [0.1, 0.15) is 0 Å². The van der Waals surface area contributed by atoms with Crippen LogP contribution in [-0.2, 0) is 0 Å². The summed E-state index contributed by atoms with van der Waals surface area (Å²) in [5.74, 6) is 0. The van der Waals surface area contributed by atoms with Gasteiger partial charge in [0.05, 0.1) is 56.5 Å². The second-order valence-electron chi connectivity index (χ2n) is 27.6. The van der Waals surface area contributed by atoms with E-state index in [-0.39, 0.29) is 0 Å². The minimum absolute atomic E-state index is 0.972. The maximum Gasteiger partial charge on any atom is 0.0566 e. The fourth-order valence-electron chi connectivity index (χ4n) is 15.8. The van der Waals surface area contributed by atoms with Crippen molar-refractivity contribution in [3.05, 3.63) is 0 Å². The highest BCUT2D eigenvalue weighted by Gasteiger charge is 2.55. The SMILES string of the molecule is C[Si](CCCCBr)(CCC[Si](C)(CCC[Si](C)(C1CC1)C1CC1)CCC[Si](C)(C1CC1)C1CC1)CCC[Si](C)(CCC[Si](C)(C1CC1)C1CC1)CC[Si](C)(C1CC1)C1CC1. The maximum atomic E-state index is 3.87. The summed E-state index contributed by atoms with van der Waals surface area (Å²) in [6, 6.07) is 22.4. The lowest BCUT2D eigenvalue weighted by atomic mass is 10.4. The predicted molar refractivity (Wildman–Crippen MR) is 294 cm³/mol. The molecule has 0 spiro atoms. The van der Waals surface area contributed by atoms with E-state index in [1.807, 2.05) is 0 Å². The fourth-order valence-corrected chi connectivity index (χ4v) is 53.8. The van der Waals surface area contributed by atoms with E-state index < -0.39 is 56.5 Å². The van der Waals surface area contributed by atoms with Gasteiger partial charge in [-0.3, -0.25) is 0 Å². The van der Waals surface area contributed by atoms with E-state index in [0.717, 1.165) is 0 Å². The van der Waals surface area contributed by atoms with Crippen molar-refractivity contribution >= 4 is 72.4 Å². The zero-order valence-corrected chi connectivity index (χ0v) is 50.2. The van der Waals surface area contributed by atoms with E-state index in [1.54, 1.807) is 213 Å². The molecule has 0 aromatic carbocycles. The lowest BCUT2D eigenvalue weighted by molar-refractivity contribution is 0.840. The van der Waals surface area contributed by atoms with Gasteiger partial charge in [-0.05, 0) is 50.8 Å². The van der Waals surface area contributed by atoms with Crippen LogP contribution in [0.5, 0.6) is 0 Å². The lowest BCUT2D eigenvalue weighted by Crippen LogP contribution is -2.39. The van der Waals surface area contributed by atoms with Gasteiger partial charge in [0, 0.05) is 5.33 Å². The van der Waals surface area contributed by atoms with Crippen LogP contribution in [0.1, 0.15) is 148 Å². The van der Waals surface area contributed by atoms with Crippen LogP contribution in [0.2, 0.25) is 169 Å². The molecular weight excluding hydrogens is 901 g/mol. The second kappa shape index (κ2) is 19.9. The van der Waals surface area contributed by atoms with Gasteiger partial charge in [0.15, 0.2) is 0 Å². The molecule has 8 fully saturated rings. The molecule has 0 aromatic rings. The van der Waals surface area contributed by atoms with Gasteiger partial charge in [-0.2, -0.15) is 0 Å². The molecule has 8 rings (SSSR count). The zero-order valence-electron chi connectivity index (χ0n) is 41.7. The minimum atomic E-state index is -1.23. The first-order valence-corrected chi connectivity index (χ1v) is 50.1. The van der Waals surface area contributed by atoms with Gasteiger partial charge in [-0.25, -0.2) is 0 Å². The molecule has 2 unspecified atom stereocenters. The molecule has 8 aliphatic rings. The van der Waals surface area contributed by atoms with Crippen molar-refractivity contribution in [2.24, 2.45) is 0 Å². The highest BCUT2D eigenvalue weighted by Crippen LogP contribution is 2.64. The molecule has 8 heteroatoms. The van der Waals surface area contributed by atoms with Crippen LogP contribution in [0.15, 0.2) is 0 Å². The summed E-state index contributed by atoms with van der Waals surface area (Å²) in [7, 11) is -7.58. The van der Waals surface area contributed by atoms with Crippen molar-refractivity contribution in [1.82, 2.24) is 0 Å². The topological polar surface area (TPSA) is 0 Å². The van der Waals surface area contributed by atoms with Gasteiger partial charge in [-0.15, -0.1) is 0 Å².